The minimum Gasteiger partial charge on any atom is -0.465 e. The first-order valence-corrected chi connectivity index (χ1v) is 9.77. The molecule has 0 unspecified atom stereocenters. The van der Waals surface area contributed by atoms with Crippen LogP contribution < -0.4 is 5.32 Å². The van der Waals surface area contributed by atoms with Gasteiger partial charge in [-0.05, 0) is 48.1 Å². The van der Waals surface area contributed by atoms with E-state index in [9.17, 15) is 4.79 Å². The minimum atomic E-state index is -1.03. The highest BCUT2D eigenvalue weighted by atomic mass is 16.5. The van der Waals surface area contributed by atoms with Crippen LogP contribution >= 0.6 is 0 Å². The van der Waals surface area contributed by atoms with Crippen molar-refractivity contribution in [2.45, 2.75) is 32.4 Å². The Bertz CT molecular complexity index is 917. The van der Waals surface area contributed by atoms with Gasteiger partial charge in [0.05, 0.1) is 18.8 Å². The number of benzene rings is 3. The van der Waals surface area contributed by atoms with E-state index in [0.29, 0.717) is 13.2 Å². The Labute approximate surface area is 172 Å². The quantitative estimate of drug-likeness (QED) is 0.492. The van der Waals surface area contributed by atoms with Gasteiger partial charge in [0.15, 0.2) is 0 Å². The van der Waals surface area contributed by atoms with Gasteiger partial charge in [-0.2, -0.15) is 0 Å². The molecular formula is C25H27NO3. The SMILES string of the molecule is CC(C)(NC(=O)O)c1ccc(-c2ccc(CCOCc3ccccc3)cc2)cc1. The molecule has 0 spiro atoms. The van der Waals surface area contributed by atoms with Crippen LogP contribution in [0.2, 0.25) is 0 Å². The zero-order valence-corrected chi connectivity index (χ0v) is 16.9. The van der Waals surface area contributed by atoms with Crippen molar-refractivity contribution < 1.29 is 14.6 Å². The van der Waals surface area contributed by atoms with Crippen molar-refractivity contribution in [2.75, 3.05) is 6.61 Å². The minimum absolute atomic E-state index is 0.631. The van der Waals surface area contributed by atoms with E-state index in [1.165, 1.54) is 11.1 Å². The summed E-state index contributed by atoms with van der Waals surface area (Å²) in [5.74, 6) is 0. The molecule has 3 aromatic rings. The van der Waals surface area contributed by atoms with Crippen LogP contribution in [0.15, 0.2) is 78.9 Å². The topological polar surface area (TPSA) is 58.6 Å². The third-order valence-corrected chi connectivity index (χ3v) is 4.96. The van der Waals surface area contributed by atoms with Gasteiger partial charge in [0.1, 0.15) is 0 Å². The maximum absolute atomic E-state index is 11.0. The van der Waals surface area contributed by atoms with E-state index in [1.54, 1.807) is 0 Å². The van der Waals surface area contributed by atoms with Crippen LogP contribution in [0.5, 0.6) is 0 Å². The number of carbonyl (C=O) groups is 1. The highest BCUT2D eigenvalue weighted by Gasteiger charge is 2.22. The van der Waals surface area contributed by atoms with Crippen LogP contribution in [0.3, 0.4) is 0 Å². The monoisotopic (exact) mass is 389 g/mol. The molecule has 0 atom stereocenters. The standard InChI is InChI=1S/C25H27NO3/c1-25(2,26-24(27)28)23-14-12-22(13-15-23)21-10-8-19(9-11-21)16-17-29-18-20-6-4-3-5-7-20/h3-15,26H,16-18H2,1-2H3,(H,27,28). The van der Waals surface area contributed by atoms with E-state index in [2.05, 4.69) is 41.7 Å². The van der Waals surface area contributed by atoms with Gasteiger partial charge >= 0.3 is 6.09 Å². The average Bonchev–Trinajstić information content (AvgIpc) is 2.72. The second kappa shape index (κ2) is 9.39. The number of nitrogens with one attached hydrogen (secondary N) is 1. The summed E-state index contributed by atoms with van der Waals surface area (Å²) in [5.41, 5.74) is 4.96. The van der Waals surface area contributed by atoms with E-state index >= 15 is 0 Å². The van der Waals surface area contributed by atoms with Gasteiger partial charge in [-0.25, -0.2) is 4.79 Å². The summed E-state index contributed by atoms with van der Waals surface area (Å²) in [4.78, 5) is 11.0. The first-order chi connectivity index (χ1) is 13.9. The van der Waals surface area contributed by atoms with E-state index < -0.39 is 11.6 Å². The summed E-state index contributed by atoms with van der Waals surface area (Å²) in [5, 5.41) is 11.5. The van der Waals surface area contributed by atoms with Gasteiger partial charge in [-0.3, -0.25) is 0 Å². The first-order valence-electron chi connectivity index (χ1n) is 9.77. The van der Waals surface area contributed by atoms with Crippen molar-refractivity contribution in [2.24, 2.45) is 0 Å². The van der Waals surface area contributed by atoms with E-state index in [-0.39, 0.29) is 0 Å². The van der Waals surface area contributed by atoms with Crippen molar-refractivity contribution in [1.29, 1.82) is 0 Å². The number of hydrogen-bond acceptors (Lipinski definition) is 2. The summed E-state index contributed by atoms with van der Waals surface area (Å²) in [6.07, 6.45) is -0.149. The maximum Gasteiger partial charge on any atom is 0.405 e. The smallest absolute Gasteiger partial charge is 0.405 e. The Morgan fingerprint density at radius 3 is 2.03 bits per heavy atom. The molecule has 0 heterocycles. The van der Waals surface area contributed by atoms with Gasteiger partial charge in [-0.15, -0.1) is 0 Å². The average molecular weight is 389 g/mol. The first kappa shape index (κ1) is 20.6. The molecular weight excluding hydrogens is 362 g/mol. The summed E-state index contributed by atoms with van der Waals surface area (Å²) in [6, 6.07) is 26.7. The molecule has 0 aromatic heterocycles. The highest BCUT2D eigenvalue weighted by Crippen LogP contribution is 2.25. The molecule has 29 heavy (non-hydrogen) atoms. The molecule has 0 aliphatic heterocycles. The van der Waals surface area contributed by atoms with Crippen LogP contribution in [0.25, 0.3) is 11.1 Å². The van der Waals surface area contributed by atoms with Gasteiger partial charge < -0.3 is 15.2 Å². The van der Waals surface area contributed by atoms with Gasteiger partial charge in [0.25, 0.3) is 0 Å². The van der Waals surface area contributed by atoms with E-state index in [0.717, 1.165) is 23.1 Å². The molecule has 2 N–H and O–H groups in total. The van der Waals surface area contributed by atoms with Gasteiger partial charge in [-0.1, -0.05) is 78.9 Å². The zero-order chi connectivity index (χ0) is 20.7. The van der Waals surface area contributed by atoms with E-state index in [1.807, 2.05) is 56.3 Å². The predicted octanol–water partition coefficient (Wildman–Crippen LogP) is 5.62. The fraction of sp³-hybridized carbons (Fsp3) is 0.240. The Kier molecular flexibility index (Phi) is 6.68. The molecule has 150 valence electrons. The Balaban J connectivity index is 1.55. The number of carboxylic acid groups (broad SMARTS) is 1. The van der Waals surface area contributed by atoms with E-state index in [4.69, 9.17) is 9.84 Å². The Morgan fingerprint density at radius 2 is 1.45 bits per heavy atom. The normalized spacial score (nSPS) is 11.2. The van der Waals surface area contributed by atoms with Crippen LogP contribution in [-0.4, -0.2) is 17.8 Å². The largest absolute Gasteiger partial charge is 0.465 e. The molecule has 0 aliphatic rings. The molecule has 0 aliphatic carbocycles. The molecule has 3 aromatic carbocycles. The summed E-state index contributed by atoms with van der Waals surface area (Å²) >= 11 is 0. The van der Waals surface area contributed by atoms with Crippen LogP contribution in [-0.2, 0) is 23.3 Å². The fourth-order valence-electron chi connectivity index (χ4n) is 3.24. The lowest BCUT2D eigenvalue weighted by Gasteiger charge is -2.25. The molecule has 0 saturated heterocycles. The van der Waals surface area contributed by atoms with Gasteiger partial charge in [0.2, 0.25) is 0 Å². The maximum atomic E-state index is 11.0. The molecule has 0 bridgehead atoms. The third-order valence-electron chi connectivity index (χ3n) is 4.96. The van der Waals surface area contributed by atoms with Crippen molar-refractivity contribution in [3.63, 3.8) is 0 Å². The van der Waals surface area contributed by atoms with Crippen molar-refractivity contribution in [3.8, 4) is 11.1 Å². The van der Waals surface area contributed by atoms with Gasteiger partial charge in [0, 0.05) is 0 Å². The number of amides is 1. The Hall–Kier alpha value is -3.11. The number of rotatable bonds is 8. The van der Waals surface area contributed by atoms with Crippen molar-refractivity contribution >= 4 is 6.09 Å². The molecule has 4 heteroatoms. The predicted molar refractivity (Wildman–Crippen MR) is 116 cm³/mol. The summed E-state index contributed by atoms with van der Waals surface area (Å²) in [6.45, 7) is 5.03. The summed E-state index contributed by atoms with van der Waals surface area (Å²) in [7, 11) is 0. The van der Waals surface area contributed by atoms with Crippen molar-refractivity contribution in [1.82, 2.24) is 5.32 Å². The lowest BCUT2D eigenvalue weighted by Crippen LogP contribution is -2.39. The number of hydrogen-bond donors (Lipinski definition) is 2. The second-order valence-electron chi connectivity index (χ2n) is 7.62. The molecule has 3 rings (SSSR count). The lowest BCUT2D eigenvalue weighted by atomic mass is 9.92. The molecule has 1 amide bonds. The summed E-state index contributed by atoms with van der Waals surface area (Å²) < 4.78 is 5.76. The van der Waals surface area contributed by atoms with Crippen LogP contribution in [0.4, 0.5) is 4.79 Å². The molecule has 4 nitrogen and oxygen atoms in total. The Morgan fingerprint density at radius 1 is 0.862 bits per heavy atom. The fourth-order valence-corrected chi connectivity index (χ4v) is 3.24. The third kappa shape index (κ3) is 5.93. The van der Waals surface area contributed by atoms with Crippen molar-refractivity contribution in [3.05, 3.63) is 95.6 Å². The lowest BCUT2D eigenvalue weighted by molar-refractivity contribution is 0.124. The molecule has 0 fully saturated rings. The van der Waals surface area contributed by atoms with Crippen LogP contribution in [0, 0.1) is 0 Å². The van der Waals surface area contributed by atoms with Crippen LogP contribution in [0.1, 0.15) is 30.5 Å². The number of ether oxygens (including phenoxy) is 1. The molecule has 0 radical (unpaired) electrons. The highest BCUT2D eigenvalue weighted by molar-refractivity contribution is 5.67. The molecule has 0 saturated carbocycles. The zero-order valence-electron chi connectivity index (χ0n) is 16.9. The second-order valence-corrected chi connectivity index (χ2v) is 7.62.